The molecular weight excluding hydrogens is 266 g/mol. The van der Waals surface area contributed by atoms with E-state index >= 15 is 0 Å². The molecule has 21 heavy (non-hydrogen) atoms. The average molecular weight is 289 g/mol. The molecule has 1 aliphatic rings. The van der Waals surface area contributed by atoms with E-state index in [2.05, 4.69) is 6.92 Å². The number of nitrogens with zero attached hydrogens (tertiary/aromatic N) is 1. The third kappa shape index (κ3) is 3.43. The van der Waals surface area contributed by atoms with Crippen molar-refractivity contribution >= 4 is 11.9 Å². The van der Waals surface area contributed by atoms with Crippen LogP contribution in [0, 0.1) is 5.41 Å². The standard InChI is InChI=1S/C17H23NO3/c1-13(14-7-4-3-5-8-14)12-18(2)15(19)11-17(16(20)21)9-6-10-17/h3-5,7-8,13H,6,9-12H2,1-2H3,(H,20,21). The fourth-order valence-corrected chi connectivity index (χ4v) is 2.89. The number of aliphatic carboxylic acids is 1. The van der Waals surface area contributed by atoms with Gasteiger partial charge in [0.2, 0.25) is 5.91 Å². The molecule has 0 heterocycles. The van der Waals surface area contributed by atoms with Crippen LogP contribution >= 0.6 is 0 Å². The molecule has 4 heteroatoms. The minimum absolute atomic E-state index is 0.0696. The largest absolute Gasteiger partial charge is 0.481 e. The van der Waals surface area contributed by atoms with Gasteiger partial charge in [-0.05, 0) is 24.3 Å². The molecule has 0 spiro atoms. The summed E-state index contributed by atoms with van der Waals surface area (Å²) in [5.41, 5.74) is 0.384. The topological polar surface area (TPSA) is 57.6 Å². The average Bonchev–Trinajstić information content (AvgIpc) is 2.42. The zero-order valence-electron chi connectivity index (χ0n) is 12.7. The molecule has 4 nitrogen and oxygen atoms in total. The number of rotatable bonds is 6. The van der Waals surface area contributed by atoms with E-state index in [4.69, 9.17) is 0 Å². The van der Waals surface area contributed by atoms with Crippen LogP contribution in [0.1, 0.15) is 44.1 Å². The molecule has 0 saturated heterocycles. The summed E-state index contributed by atoms with van der Waals surface area (Å²) in [6.45, 7) is 2.69. The van der Waals surface area contributed by atoms with Crippen LogP contribution < -0.4 is 0 Å². The predicted molar refractivity (Wildman–Crippen MR) is 81.0 cm³/mol. The van der Waals surface area contributed by atoms with Gasteiger partial charge in [0.15, 0.2) is 0 Å². The Hall–Kier alpha value is -1.84. The van der Waals surface area contributed by atoms with Gasteiger partial charge < -0.3 is 10.0 Å². The van der Waals surface area contributed by atoms with Crippen LogP contribution in [0.4, 0.5) is 0 Å². The van der Waals surface area contributed by atoms with E-state index in [1.54, 1.807) is 11.9 Å². The van der Waals surface area contributed by atoms with Gasteiger partial charge in [0, 0.05) is 20.0 Å². The Morgan fingerprint density at radius 1 is 1.29 bits per heavy atom. The van der Waals surface area contributed by atoms with Gasteiger partial charge in [0.05, 0.1) is 5.41 Å². The maximum atomic E-state index is 12.3. The van der Waals surface area contributed by atoms with Gasteiger partial charge in [-0.3, -0.25) is 9.59 Å². The van der Waals surface area contributed by atoms with Gasteiger partial charge in [-0.15, -0.1) is 0 Å². The highest BCUT2D eigenvalue weighted by Gasteiger charge is 2.46. The van der Waals surface area contributed by atoms with Crippen molar-refractivity contribution in [3.05, 3.63) is 35.9 Å². The fraction of sp³-hybridized carbons (Fsp3) is 0.529. The predicted octanol–water partition coefficient (Wildman–Crippen LogP) is 2.89. The summed E-state index contributed by atoms with van der Waals surface area (Å²) in [4.78, 5) is 25.3. The molecule has 0 aliphatic heterocycles. The summed E-state index contributed by atoms with van der Waals surface area (Å²) >= 11 is 0. The van der Waals surface area contributed by atoms with Crippen molar-refractivity contribution in [1.82, 2.24) is 4.90 Å². The number of likely N-dealkylation sites (N-methyl/N-ethyl adjacent to an activating group) is 1. The molecule has 1 fully saturated rings. The molecule has 1 saturated carbocycles. The zero-order chi connectivity index (χ0) is 15.5. The second-order valence-corrected chi connectivity index (χ2v) is 6.20. The van der Waals surface area contributed by atoms with E-state index in [9.17, 15) is 14.7 Å². The zero-order valence-corrected chi connectivity index (χ0v) is 12.7. The highest BCUT2D eigenvalue weighted by molar-refractivity contribution is 5.85. The summed E-state index contributed by atoms with van der Waals surface area (Å²) in [5, 5.41) is 9.30. The minimum atomic E-state index is -0.827. The van der Waals surface area contributed by atoms with E-state index in [1.165, 1.54) is 5.56 Å². The first-order valence-corrected chi connectivity index (χ1v) is 7.47. The van der Waals surface area contributed by atoms with E-state index in [0.29, 0.717) is 19.4 Å². The van der Waals surface area contributed by atoms with Crippen LogP contribution in [0.15, 0.2) is 30.3 Å². The number of amides is 1. The van der Waals surface area contributed by atoms with E-state index < -0.39 is 11.4 Å². The number of carbonyl (C=O) groups excluding carboxylic acids is 1. The second-order valence-electron chi connectivity index (χ2n) is 6.20. The molecule has 1 aliphatic carbocycles. The van der Waals surface area contributed by atoms with E-state index in [-0.39, 0.29) is 18.2 Å². The number of carboxylic acids is 1. The Bertz CT molecular complexity index is 508. The van der Waals surface area contributed by atoms with Crippen LogP contribution in [0.25, 0.3) is 0 Å². The first kappa shape index (κ1) is 15.5. The van der Waals surface area contributed by atoms with E-state index in [0.717, 1.165) is 6.42 Å². The first-order valence-electron chi connectivity index (χ1n) is 7.47. The molecule has 1 atom stereocenters. The fourth-order valence-electron chi connectivity index (χ4n) is 2.89. The van der Waals surface area contributed by atoms with Crippen molar-refractivity contribution in [2.24, 2.45) is 5.41 Å². The highest BCUT2D eigenvalue weighted by Crippen LogP contribution is 2.44. The van der Waals surface area contributed by atoms with Crippen LogP contribution in [0.3, 0.4) is 0 Å². The molecule has 1 unspecified atom stereocenters. The Balaban J connectivity index is 1.92. The molecule has 114 valence electrons. The number of carboxylic acid groups (broad SMARTS) is 1. The van der Waals surface area contributed by atoms with Gasteiger partial charge in [0.1, 0.15) is 0 Å². The normalized spacial score (nSPS) is 17.6. The lowest BCUT2D eigenvalue weighted by Crippen LogP contribution is -2.43. The molecule has 1 amide bonds. The van der Waals surface area contributed by atoms with Gasteiger partial charge >= 0.3 is 5.97 Å². The highest BCUT2D eigenvalue weighted by atomic mass is 16.4. The van der Waals surface area contributed by atoms with Crippen molar-refractivity contribution in [1.29, 1.82) is 0 Å². The van der Waals surface area contributed by atoms with Crippen molar-refractivity contribution in [2.45, 2.75) is 38.5 Å². The Morgan fingerprint density at radius 3 is 2.38 bits per heavy atom. The molecule has 2 rings (SSSR count). The van der Waals surface area contributed by atoms with Crippen LogP contribution in [-0.4, -0.2) is 35.5 Å². The van der Waals surface area contributed by atoms with Crippen LogP contribution in [-0.2, 0) is 9.59 Å². The monoisotopic (exact) mass is 289 g/mol. The third-order valence-corrected chi connectivity index (χ3v) is 4.60. The molecule has 1 N–H and O–H groups in total. The molecular formula is C17H23NO3. The number of hydrogen-bond donors (Lipinski definition) is 1. The SMILES string of the molecule is CC(CN(C)C(=O)CC1(C(=O)O)CCC1)c1ccccc1. The Morgan fingerprint density at radius 2 is 1.90 bits per heavy atom. The maximum absolute atomic E-state index is 12.3. The lowest BCUT2D eigenvalue weighted by atomic mass is 9.66. The van der Waals surface area contributed by atoms with Crippen molar-refractivity contribution in [2.75, 3.05) is 13.6 Å². The summed E-state index contributed by atoms with van der Waals surface area (Å²) in [6, 6.07) is 10.0. The first-order chi connectivity index (χ1) is 9.94. The smallest absolute Gasteiger partial charge is 0.310 e. The van der Waals surface area contributed by atoms with Gasteiger partial charge in [-0.1, -0.05) is 43.7 Å². The molecule has 0 aromatic heterocycles. The van der Waals surface area contributed by atoms with Crippen molar-refractivity contribution in [3.63, 3.8) is 0 Å². The molecule has 1 aromatic rings. The van der Waals surface area contributed by atoms with Crippen LogP contribution in [0.2, 0.25) is 0 Å². The molecule has 0 bridgehead atoms. The third-order valence-electron chi connectivity index (χ3n) is 4.60. The quantitative estimate of drug-likeness (QED) is 0.876. The summed E-state index contributed by atoms with van der Waals surface area (Å²) in [5.74, 6) is -0.659. The number of carbonyl (C=O) groups is 2. The van der Waals surface area contributed by atoms with Crippen molar-refractivity contribution in [3.8, 4) is 0 Å². The van der Waals surface area contributed by atoms with E-state index in [1.807, 2.05) is 30.3 Å². The van der Waals surface area contributed by atoms with Gasteiger partial charge in [-0.25, -0.2) is 0 Å². The summed E-state index contributed by atoms with van der Waals surface area (Å²) in [6.07, 6.45) is 2.27. The van der Waals surface area contributed by atoms with Crippen LogP contribution in [0.5, 0.6) is 0 Å². The number of hydrogen-bond acceptors (Lipinski definition) is 2. The molecule has 1 aromatic carbocycles. The maximum Gasteiger partial charge on any atom is 0.310 e. The Labute approximate surface area is 125 Å². The minimum Gasteiger partial charge on any atom is -0.481 e. The summed E-state index contributed by atoms with van der Waals surface area (Å²) in [7, 11) is 1.76. The Kier molecular flexibility index (Phi) is 4.66. The van der Waals surface area contributed by atoms with Crippen molar-refractivity contribution < 1.29 is 14.7 Å². The lowest BCUT2D eigenvalue weighted by Gasteiger charge is -2.38. The summed E-state index contributed by atoms with van der Waals surface area (Å²) < 4.78 is 0. The van der Waals surface area contributed by atoms with Gasteiger partial charge in [0.25, 0.3) is 0 Å². The lowest BCUT2D eigenvalue weighted by molar-refractivity contribution is -0.159. The second kappa shape index (κ2) is 6.29. The molecule has 0 radical (unpaired) electrons. The number of benzene rings is 1. The van der Waals surface area contributed by atoms with Gasteiger partial charge in [-0.2, -0.15) is 0 Å².